The molecule has 0 spiro atoms. The van der Waals surface area contributed by atoms with Crippen molar-refractivity contribution in [1.82, 2.24) is 4.90 Å². The van der Waals surface area contributed by atoms with Crippen LogP contribution in [0.1, 0.15) is 15.9 Å². The van der Waals surface area contributed by atoms with Crippen molar-refractivity contribution in [3.8, 4) is 5.75 Å². The van der Waals surface area contributed by atoms with Crippen LogP contribution in [0.25, 0.3) is 0 Å². The maximum atomic E-state index is 12.1. The number of amides is 1. The van der Waals surface area contributed by atoms with Crippen LogP contribution in [0.5, 0.6) is 5.75 Å². The van der Waals surface area contributed by atoms with E-state index >= 15 is 0 Å². The average molecular weight is 428 g/mol. The Labute approximate surface area is 157 Å². The SMILES string of the molecule is CN(Cc1ccc(OC(F)F)cc1)C(=O)COC(=O)c1ccc(Br)cc1. The van der Waals surface area contributed by atoms with E-state index in [1.807, 2.05) is 0 Å². The standard InChI is InChI=1S/C18H16BrF2NO4/c1-22(10-12-2-8-15(9-3-12)26-18(20)21)16(23)11-25-17(24)13-4-6-14(19)7-5-13/h2-9,18H,10-11H2,1H3. The van der Waals surface area contributed by atoms with Crippen molar-refractivity contribution in [2.75, 3.05) is 13.7 Å². The zero-order valence-electron chi connectivity index (χ0n) is 13.8. The van der Waals surface area contributed by atoms with E-state index in [4.69, 9.17) is 4.74 Å². The van der Waals surface area contributed by atoms with Gasteiger partial charge in [0.1, 0.15) is 5.75 Å². The summed E-state index contributed by atoms with van der Waals surface area (Å²) in [5.41, 5.74) is 1.07. The van der Waals surface area contributed by atoms with Crippen molar-refractivity contribution in [1.29, 1.82) is 0 Å². The Morgan fingerprint density at radius 3 is 2.27 bits per heavy atom. The minimum atomic E-state index is -2.88. The van der Waals surface area contributed by atoms with Gasteiger partial charge in [-0.2, -0.15) is 8.78 Å². The second-order valence-electron chi connectivity index (χ2n) is 5.36. The van der Waals surface area contributed by atoms with Gasteiger partial charge >= 0.3 is 12.6 Å². The molecule has 0 atom stereocenters. The lowest BCUT2D eigenvalue weighted by Crippen LogP contribution is -2.30. The third kappa shape index (κ3) is 6.11. The predicted octanol–water partition coefficient (Wildman–Crippen LogP) is 3.87. The summed E-state index contributed by atoms with van der Waals surface area (Å²) in [7, 11) is 1.55. The number of esters is 1. The molecule has 8 heteroatoms. The summed E-state index contributed by atoms with van der Waals surface area (Å²) in [4.78, 5) is 25.3. The monoisotopic (exact) mass is 427 g/mol. The maximum Gasteiger partial charge on any atom is 0.387 e. The van der Waals surface area contributed by atoms with E-state index in [0.29, 0.717) is 5.56 Å². The van der Waals surface area contributed by atoms with Gasteiger partial charge in [-0.1, -0.05) is 28.1 Å². The Kier molecular flexibility index (Phi) is 7.08. The van der Waals surface area contributed by atoms with Gasteiger partial charge in [-0.3, -0.25) is 4.79 Å². The minimum Gasteiger partial charge on any atom is -0.452 e. The number of rotatable bonds is 7. The molecule has 5 nitrogen and oxygen atoms in total. The molecule has 0 aliphatic heterocycles. The molecule has 1 amide bonds. The molecular formula is C18H16BrF2NO4. The van der Waals surface area contributed by atoms with Gasteiger partial charge in [-0.05, 0) is 42.0 Å². The van der Waals surface area contributed by atoms with E-state index in [2.05, 4.69) is 20.7 Å². The lowest BCUT2D eigenvalue weighted by atomic mass is 10.2. The summed E-state index contributed by atoms with van der Waals surface area (Å²) < 4.78 is 34.3. The van der Waals surface area contributed by atoms with E-state index in [1.165, 1.54) is 17.0 Å². The van der Waals surface area contributed by atoms with Gasteiger partial charge in [0.05, 0.1) is 5.56 Å². The number of ether oxygens (including phenoxy) is 2. The first kappa shape index (κ1) is 19.8. The van der Waals surface area contributed by atoms with Crippen molar-refractivity contribution in [2.24, 2.45) is 0 Å². The zero-order valence-corrected chi connectivity index (χ0v) is 15.4. The first-order valence-electron chi connectivity index (χ1n) is 7.55. The van der Waals surface area contributed by atoms with Crippen molar-refractivity contribution in [3.05, 3.63) is 64.1 Å². The van der Waals surface area contributed by atoms with Crippen LogP contribution in [-0.2, 0) is 16.1 Å². The molecule has 0 heterocycles. The minimum absolute atomic E-state index is 0.0427. The molecule has 0 fully saturated rings. The van der Waals surface area contributed by atoms with Crippen LogP contribution in [0.4, 0.5) is 8.78 Å². The van der Waals surface area contributed by atoms with Crippen molar-refractivity contribution >= 4 is 27.8 Å². The molecule has 26 heavy (non-hydrogen) atoms. The number of carbonyl (C=O) groups is 2. The highest BCUT2D eigenvalue weighted by Crippen LogP contribution is 2.16. The number of hydrogen-bond acceptors (Lipinski definition) is 4. The molecule has 2 rings (SSSR count). The molecule has 0 saturated heterocycles. The second kappa shape index (κ2) is 9.28. The quantitative estimate of drug-likeness (QED) is 0.629. The third-order valence-corrected chi connectivity index (χ3v) is 3.93. The topological polar surface area (TPSA) is 55.8 Å². The van der Waals surface area contributed by atoms with Crippen LogP contribution in [0.2, 0.25) is 0 Å². The first-order chi connectivity index (χ1) is 12.3. The van der Waals surface area contributed by atoms with Crippen LogP contribution >= 0.6 is 15.9 Å². The van der Waals surface area contributed by atoms with Gasteiger partial charge in [0.2, 0.25) is 0 Å². The lowest BCUT2D eigenvalue weighted by Gasteiger charge is -2.17. The number of carbonyl (C=O) groups excluding carboxylic acids is 2. The number of halogens is 3. The molecule has 0 bridgehead atoms. The molecule has 0 aliphatic rings. The van der Waals surface area contributed by atoms with E-state index < -0.39 is 19.2 Å². The van der Waals surface area contributed by atoms with E-state index in [0.717, 1.165) is 10.0 Å². The summed E-state index contributed by atoms with van der Waals surface area (Å²) in [6.45, 7) is -3.03. The molecular weight excluding hydrogens is 412 g/mol. The molecule has 0 N–H and O–H groups in total. The fraction of sp³-hybridized carbons (Fsp3) is 0.222. The van der Waals surface area contributed by atoms with Crippen molar-refractivity contribution in [3.63, 3.8) is 0 Å². The smallest absolute Gasteiger partial charge is 0.387 e. The number of hydrogen-bond donors (Lipinski definition) is 0. The van der Waals surface area contributed by atoms with Crippen LogP contribution in [0.3, 0.4) is 0 Å². The third-order valence-electron chi connectivity index (χ3n) is 3.40. The summed E-state index contributed by atoms with van der Waals surface area (Å²) in [5, 5.41) is 0. The van der Waals surface area contributed by atoms with Gasteiger partial charge in [-0.15, -0.1) is 0 Å². The van der Waals surface area contributed by atoms with E-state index in [9.17, 15) is 18.4 Å². The van der Waals surface area contributed by atoms with Crippen LogP contribution in [0.15, 0.2) is 53.0 Å². The predicted molar refractivity (Wildman–Crippen MR) is 94.0 cm³/mol. The molecule has 2 aromatic rings. The number of alkyl halides is 2. The van der Waals surface area contributed by atoms with Gasteiger partial charge in [0, 0.05) is 18.1 Å². The highest BCUT2D eigenvalue weighted by Gasteiger charge is 2.14. The summed E-state index contributed by atoms with van der Waals surface area (Å²) in [5.74, 6) is -0.933. The van der Waals surface area contributed by atoms with E-state index in [-0.39, 0.29) is 18.2 Å². The van der Waals surface area contributed by atoms with E-state index in [1.54, 1.807) is 43.4 Å². The summed E-state index contributed by atoms with van der Waals surface area (Å²) >= 11 is 3.27. The second-order valence-corrected chi connectivity index (χ2v) is 6.27. The molecule has 0 unspecified atom stereocenters. The molecule has 0 radical (unpaired) electrons. The van der Waals surface area contributed by atoms with Gasteiger partial charge in [0.15, 0.2) is 6.61 Å². The Hall–Kier alpha value is -2.48. The highest BCUT2D eigenvalue weighted by atomic mass is 79.9. The Morgan fingerprint density at radius 1 is 1.08 bits per heavy atom. The van der Waals surface area contributed by atoms with Crippen molar-refractivity contribution < 1.29 is 27.8 Å². The van der Waals surface area contributed by atoms with Gasteiger partial charge in [-0.25, -0.2) is 4.79 Å². The van der Waals surface area contributed by atoms with Crippen LogP contribution < -0.4 is 4.74 Å². The van der Waals surface area contributed by atoms with Gasteiger partial charge in [0.25, 0.3) is 5.91 Å². The Morgan fingerprint density at radius 2 is 1.69 bits per heavy atom. The van der Waals surface area contributed by atoms with Crippen molar-refractivity contribution in [2.45, 2.75) is 13.2 Å². The lowest BCUT2D eigenvalue weighted by molar-refractivity contribution is -0.133. The highest BCUT2D eigenvalue weighted by molar-refractivity contribution is 9.10. The molecule has 0 saturated carbocycles. The molecule has 0 aromatic heterocycles. The van der Waals surface area contributed by atoms with Crippen LogP contribution in [0, 0.1) is 0 Å². The Bertz CT molecular complexity index is 751. The fourth-order valence-corrected chi connectivity index (χ4v) is 2.31. The summed E-state index contributed by atoms with van der Waals surface area (Å²) in [6.07, 6.45) is 0. The van der Waals surface area contributed by atoms with Crippen LogP contribution in [-0.4, -0.2) is 37.0 Å². The molecule has 0 aliphatic carbocycles. The normalized spacial score (nSPS) is 10.5. The number of nitrogens with zero attached hydrogens (tertiary/aromatic N) is 1. The zero-order chi connectivity index (χ0) is 19.1. The number of likely N-dealkylation sites (N-methyl/N-ethyl adjacent to an activating group) is 1. The fourth-order valence-electron chi connectivity index (χ4n) is 2.05. The largest absolute Gasteiger partial charge is 0.452 e. The summed E-state index contributed by atoms with van der Waals surface area (Å²) in [6, 6.07) is 12.5. The first-order valence-corrected chi connectivity index (χ1v) is 8.35. The maximum absolute atomic E-state index is 12.1. The Balaban J connectivity index is 1.83. The molecule has 2 aromatic carbocycles. The average Bonchev–Trinajstić information content (AvgIpc) is 2.61. The van der Waals surface area contributed by atoms with Gasteiger partial charge < -0.3 is 14.4 Å². The molecule has 138 valence electrons. The number of benzene rings is 2.